The Bertz CT molecular complexity index is 572. The Kier molecular flexibility index (Phi) is 4.77. The average Bonchev–Trinajstić information content (AvgIpc) is 3.06. The number of aromatic amines is 1. The van der Waals surface area contributed by atoms with Crippen molar-refractivity contribution in [3.8, 4) is 0 Å². The lowest BCUT2D eigenvalue weighted by molar-refractivity contribution is 0.0226. The summed E-state index contributed by atoms with van der Waals surface area (Å²) in [7, 11) is 0. The van der Waals surface area contributed by atoms with Gasteiger partial charge in [-0.3, -0.25) is 0 Å². The van der Waals surface area contributed by atoms with E-state index in [1.165, 1.54) is 0 Å². The van der Waals surface area contributed by atoms with Crippen LogP contribution in [0.15, 0.2) is 17.4 Å². The van der Waals surface area contributed by atoms with E-state index in [4.69, 9.17) is 21.1 Å². The number of hydrogen-bond donors (Lipinski definition) is 1. The van der Waals surface area contributed by atoms with E-state index in [2.05, 4.69) is 15.0 Å². The Labute approximate surface area is 126 Å². The quantitative estimate of drug-likeness (QED) is 0.656. The van der Waals surface area contributed by atoms with Gasteiger partial charge in [0.25, 0.3) is 0 Å². The van der Waals surface area contributed by atoms with Crippen molar-refractivity contribution in [2.24, 2.45) is 0 Å². The molecule has 0 unspecified atom stereocenters. The number of nitrogens with zero attached hydrogens (tertiary/aromatic N) is 2. The number of imidazole rings is 1. The smallest absolute Gasteiger partial charge is 0.178 e. The van der Waals surface area contributed by atoms with Crippen molar-refractivity contribution in [1.82, 2.24) is 15.0 Å². The molecule has 0 radical (unpaired) electrons. The Morgan fingerprint density at radius 3 is 3.35 bits per heavy atom. The van der Waals surface area contributed by atoms with Gasteiger partial charge in [0.05, 0.1) is 29.9 Å². The largest absolute Gasteiger partial charge is 0.378 e. The Morgan fingerprint density at radius 1 is 1.55 bits per heavy atom. The lowest BCUT2D eigenvalue weighted by Gasteiger charge is -2.09. The third kappa shape index (κ3) is 3.63. The van der Waals surface area contributed by atoms with Crippen molar-refractivity contribution in [1.29, 1.82) is 0 Å². The van der Waals surface area contributed by atoms with Crippen LogP contribution in [0.4, 0.5) is 0 Å². The maximum atomic E-state index is 5.89. The van der Waals surface area contributed by atoms with E-state index in [0.717, 1.165) is 35.9 Å². The van der Waals surface area contributed by atoms with Gasteiger partial charge >= 0.3 is 0 Å². The molecular weight excluding hydrogens is 298 g/mol. The minimum atomic E-state index is 0.289. The molecule has 1 aliphatic rings. The summed E-state index contributed by atoms with van der Waals surface area (Å²) >= 11 is 7.51. The van der Waals surface area contributed by atoms with Gasteiger partial charge in [0, 0.05) is 18.6 Å². The number of halogens is 1. The molecule has 0 aliphatic carbocycles. The molecule has 0 saturated carbocycles. The molecule has 0 aromatic carbocycles. The van der Waals surface area contributed by atoms with Crippen molar-refractivity contribution in [2.75, 3.05) is 25.6 Å². The summed E-state index contributed by atoms with van der Waals surface area (Å²) in [5.41, 5.74) is 1.55. The second-order valence-electron chi connectivity index (χ2n) is 4.63. The predicted octanol–water partition coefficient (Wildman–Crippen LogP) is 2.90. The monoisotopic (exact) mass is 313 g/mol. The maximum Gasteiger partial charge on any atom is 0.178 e. The minimum Gasteiger partial charge on any atom is -0.378 e. The van der Waals surface area contributed by atoms with Crippen molar-refractivity contribution >= 4 is 34.5 Å². The van der Waals surface area contributed by atoms with Gasteiger partial charge in [0.1, 0.15) is 0 Å². The van der Waals surface area contributed by atoms with Gasteiger partial charge in [0.2, 0.25) is 0 Å². The van der Waals surface area contributed by atoms with Gasteiger partial charge in [-0.2, -0.15) is 0 Å². The lowest BCUT2D eigenvalue weighted by atomic mass is 10.2. The van der Waals surface area contributed by atoms with Crippen molar-refractivity contribution in [2.45, 2.75) is 24.1 Å². The highest BCUT2D eigenvalue weighted by Gasteiger charge is 2.15. The molecule has 7 heteroatoms. The fourth-order valence-corrected chi connectivity index (χ4v) is 2.99. The predicted molar refractivity (Wildman–Crippen MR) is 79.4 cm³/mol. The van der Waals surface area contributed by atoms with E-state index in [1.54, 1.807) is 18.0 Å². The van der Waals surface area contributed by atoms with Crippen LogP contribution in [-0.4, -0.2) is 46.6 Å². The molecule has 1 N–H and O–H groups in total. The zero-order valence-electron chi connectivity index (χ0n) is 11.0. The van der Waals surface area contributed by atoms with E-state index < -0.39 is 0 Å². The SMILES string of the molecule is Clc1cnc2nc(SCCOC[C@@H]3CCCO3)[nH]c2c1. The van der Waals surface area contributed by atoms with Crippen molar-refractivity contribution in [3.63, 3.8) is 0 Å². The minimum absolute atomic E-state index is 0.289. The van der Waals surface area contributed by atoms with Gasteiger partial charge in [-0.05, 0) is 18.9 Å². The van der Waals surface area contributed by atoms with E-state index in [-0.39, 0.29) is 6.10 Å². The molecule has 1 saturated heterocycles. The average molecular weight is 314 g/mol. The second kappa shape index (κ2) is 6.76. The molecule has 0 bridgehead atoms. The Hall–Kier alpha value is -0.820. The van der Waals surface area contributed by atoms with Crippen LogP contribution in [0.25, 0.3) is 11.2 Å². The van der Waals surface area contributed by atoms with Crippen LogP contribution in [0.3, 0.4) is 0 Å². The van der Waals surface area contributed by atoms with Crippen LogP contribution >= 0.6 is 23.4 Å². The number of fused-ring (bicyclic) bond motifs is 1. The zero-order chi connectivity index (χ0) is 13.8. The van der Waals surface area contributed by atoms with E-state index in [0.29, 0.717) is 23.9 Å². The molecule has 1 atom stereocenters. The summed E-state index contributed by atoms with van der Waals surface area (Å²) in [6.07, 6.45) is 4.15. The fraction of sp³-hybridized carbons (Fsp3) is 0.538. The molecular formula is C13H16ClN3O2S. The first-order valence-electron chi connectivity index (χ1n) is 6.65. The van der Waals surface area contributed by atoms with E-state index in [9.17, 15) is 0 Å². The molecule has 3 rings (SSSR count). The molecule has 5 nitrogen and oxygen atoms in total. The summed E-state index contributed by atoms with van der Waals surface area (Å²) in [6.45, 7) is 2.25. The fourth-order valence-electron chi connectivity index (χ4n) is 2.11. The number of ether oxygens (including phenoxy) is 2. The number of rotatable bonds is 6. The normalized spacial score (nSPS) is 18.9. The van der Waals surface area contributed by atoms with E-state index in [1.807, 2.05) is 6.07 Å². The van der Waals surface area contributed by atoms with Gasteiger partial charge in [-0.1, -0.05) is 23.4 Å². The molecule has 2 aromatic rings. The Balaban J connectivity index is 1.42. The van der Waals surface area contributed by atoms with Crippen LogP contribution in [0.2, 0.25) is 5.02 Å². The van der Waals surface area contributed by atoms with E-state index >= 15 is 0 Å². The highest BCUT2D eigenvalue weighted by Crippen LogP contribution is 2.20. The highest BCUT2D eigenvalue weighted by molar-refractivity contribution is 7.99. The van der Waals surface area contributed by atoms with Crippen molar-refractivity contribution < 1.29 is 9.47 Å². The number of pyridine rings is 1. The standard InChI is InChI=1S/C13H16ClN3O2S/c14-9-6-11-12(15-7-9)17-13(16-11)20-5-4-18-8-10-2-1-3-19-10/h6-7,10H,1-5,8H2,(H,15,16,17)/t10-/m0/s1. The van der Waals surface area contributed by atoms with Gasteiger partial charge in [0.15, 0.2) is 10.8 Å². The van der Waals surface area contributed by atoms with Crippen LogP contribution < -0.4 is 0 Å². The van der Waals surface area contributed by atoms with Gasteiger partial charge < -0.3 is 14.5 Å². The molecule has 1 aliphatic heterocycles. The number of hydrogen-bond acceptors (Lipinski definition) is 5. The summed E-state index contributed by atoms with van der Waals surface area (Å²) < 4.78 is 11.1. The highest BCUT2D eigenvalue weighted by atomic mass is 35.5. The summed E-state index contributed by atoms with van der Waals surface area (Å²) in [6, 6.07) is 1.83. The van der Waals surface area contributed by atoms with Crippen molar-refractivity contribution in [3.05, 3.63) is 17.3 Å². The zero-order valence-corrected chi connectivity index (χ0v) is 12.5. The molecule has 20 heavy (non-hydrogen) atoms. The van der Waals surface area contributed by atoms with Crippen LogP contribution in [0.1, 0.15) is 12.8 Å². The first-order valence-corrected chi connectivity index (χ1v) is 8.01. The molecule has 108 valence electrons. The topological polar surface area (TPSA) is 60.0 Å². The maximum absolute atomic E-state index is 5.89. The molecule has 0 amide bonds. The first kappa shape index (κ1) is 14.1. The van der Waals surface area contributed by atoms with Gasteiger partial charge in [-0.25, -0.2) is 9.97 Å². The second-order valence-corrected chi connectivity index (χ2v) is 6.15. The summed E-state index contributed by atoms with van der Waals surface area (Å²) in [4.78, 5) is 11.7. The van der Waals surface area contributed by atoms with Crippen LogP contribution in [0, 0.1) is 0 Å². The molecule has 2 aromatic heterocycles. The summed E-state index contributed by atoms with van der Waals surface area (Å²) in [5, 5.41) is 1.45. The third-order valence-corrected chi connectivity index (χ3v) is 4.12. The summed E-state index contributed by atoms with van der Waals surface area (Å²) in [5.74, 6) is 0.847. The third-order valence-electron chi connectivity index (χ3n) is 3.08. The number of aromatic nitrogens is 3. The lowest BCUT2D eigenvalue weighted by Crippen LogP contribution is -2.15. The number of nitrogens with one attached hydrogen (secondary N) is 1. The van der Waals surface area contributed by atoms with Crippen LogP contribution in [0.5, 0.6) is 0 Å². The molecule has 1 fully saturated rings. The first-order chi connectivity index (χ1) is 9.81. The number of H-pyrrole nitrogens is 1. The number of thioether (sulfide) groups is 1. The van der Waals surface area contributed by atoms with Gasteiger partial charge in [-0.15, -0.1) is 0 Å². The molecule has 3 heterocycles. The molecule has 0 spiro atoms. The Morgan fingerprint density at radius 2 is 2.50 bits per heavy atom. The van der Waals surface area contributed by atoms with Crippen LogP contribution in [-0.2, 0) is 9.47 Å².